The number of fused-ring (bicyclic) bond motifs is 1. The topological polar surface area (TPSA) is 79.6 Å². The first kappa shape index (κ1) is 12.4. The van der Waals surface area contributed by atoms with Gasteiger partial charge in [-0.25, -0.2) is 4.79 Å². The van der Waals surface area contributed by atoms with Gasteiger partial charge in [0, 0.05) is 12.8 Å². The fraction of sp³-hybridized carbons (Fsp3) is 0.583. The lowest BCUT2D eigenvalue weighted by Crippen LogP contribution is -2.46. The maximum absolute atomic E-state index is 11.7. The first-order chi connectivity index (χ1) is 8.58. The zero-order chi connectivity index (χ0) is 13.3. The number of ether oxygens (including phenoxy) is 2. The number of nitrogens with zero attached hydrogens (tertiary/aromatic N) is 2. The molecular formula is C12H14N2O4. The van der Waals surface area contributed by atoms with Crippen LogP contribution in [-0.2, 0) is 19.1 Å². The quantitative estimate of drug-likeness (QED) is 0.635. The largest absolute Gasteiger partial charge is 0.467 e. The van der Waals surface area contributed by atoms with Crippen LogP contribution in [0.15, 0.2) is 11.8 Å². The van der Waals surface area contributed by atoms with Crippen LogP contribution in [0, 0.1) is 17.2 Å². The molecule has 0 aliphatic carbocycles. The van der Waals surface area contributed by atoms with Gasteiger partial charge in [-0.1, -0.05) is 0 Å². The van der Waals surface area contributed by atoms with Crippen LogP contribution in [0.5, 0.6) is 0 Å². The number of likely N-dealkylation sites (tertiary alicyclic amines) is 1. The number of allylic oxidation sites excluding steroid dienone is 2. The molecule has 0 unspecified atom stereocenters. The molecule has 0 saturated carbocycles. The molecule has 2 heterocycles. The Labute approximate surface area is 105 Å². The Morgan fingerprint density at radius 2 is 2.33 bits per heavy atom. The van der Waals surface area contributed by atoms with Crippen molar-refractivity contribution in [3.8, 4) is 6.07 Å². The molecule has 0 N–H and O–H groups in total. The smallest absolute Gasteiger partial charge is 0.328 e. The van der Waals surface area contributed by atoms with E-state index in [9.17, 15) is 9.59 Å². The fourth-order valence-electron chi connectivity index (χ4n) is 2.54. The Morgan fingerprint density at radius 1 is 1.61 bits per heavy atom. The van der Waals surface area contributed by atoms with E-state index in [1.165, 1.54) is 18.9 Å². The first-order valence-corrected chi connectivity index (χ1v) is 5.72. The summed E-state index contributed by atoms with van der Waals surface area (Å²) in [6.07, 6.45) is 2.29. The highest BCUT2D eigenvalue weighted by Gasteiger charge is 2.49. The molecule has 2 aliphatic heterocycles. The Balaban J connectivity index is 2.25. The standard InChI is InChI=1S/C12H14N2O4/c1-7(15)14-10(12(16)17-2)5-8-3-4-9(6-13)18-11(8)14/h4,8,10-11H,3,5H2,1-2H3/t8-,10+,11-/m1/s1. The summed E-state index contributed by atoms with van der Waals surface area (Å²) >= 11 is 0. The Morgan fingerprint density at radius 3 is 2.89 bits per heavy atom. The summed E-state index contributed by atoms with van der Waals surface area (Å²) in [6.45, 7) is 1.38. The second-order valence-electron chi connectivity index (χ2n) is 4.39. The van der Waals surface area contributed by atoms with Crippen molar-refractivity contribution in [2.45, 2.75) is 32.0 Å². The predicted molar refractivity (Wildman–Crippen MR) is 59.6 cm³/mol. The third-order valence-corrected chi connectivity index (χ3v) is 3.34. The van der Waals surface area contributed by atoms with E-state index in [-0.39, 0.29) is 17.6 Å². The van der Waals surface area contributed by atoms with Gasteiger partial charge in [0.25, 0.3) is 0 Å². The molecule has 0 spiro atoms. The van der Waals surface area contributed by atoms with Crippen molar-refractivity contribution in [2.24, 2.45) is 5.92 Å². The van der Waals surface area contributed by atoms with E-state index in [1.54, 1.807) is 6.08 Å². The van der Waals surface area contributed by atoms with E-state index in [0.29, 0.717) is 12.8 Å². The van der Waals surface area contributed by atoms with Gasteiger partial charge < -0.3 is 9.47 Å². The summed E-state index contributed by atoms with van der Waals surface area (Å²) < 4.78 is 10.2. The monoisotopic (exact) mass is 250 g/mol. The Hall–Kier alpha value is -2.03. The van der Waals surface area contributed by atoms with Crippen molar-refractivity contribution < 1.29 is 19.1 Å². The maximum atomic E-state index is 11.7. The van der Waals surface area contributed by atoms with Crippen LogP contribution in [0.3, 0.4) is 0 Å². The highest BCUT2D eigenvalue weighted by Crippen LogP contribution is 2.38. The van der Waals surface area contributed by atoms with Crippen molar-refractivity contribution in [1.29, 1.82) is 5.26 Å². The number of rotatable bonds is 1. The number of hydrogen-bond acceptors (Lipinski definition) is 5. The Bertz CT molecular complexity index is 451. The van der Waals surface area contributed by atoms with Crippen molar-refractivity contribution >= 4 is 11.9 Å². The molecule has 1 saturated heterocycles. The normalized spacial score (nSPS) is 29.7. The molecule has 0 aromatic carbocycles. The lowest BCUT2D eigenvalue weighted by atomic mass is 9.98. The number of nitriles is 1. The van der Waals surface area contributed by atoms with E-state index < -0.39 is 18.2 Å². The van der Waals surface area contributed by atoms with Gasteiger partial charge in [-0.15, -0.1) is 0 Å². The number of carbonyl (C=O) groups excluding carboxylic acids is 2. The third-order valence-electron chi connectivity index (χ3n) is 3.34. The molecule has 0 bridgehead atoms. The molecule has 18 heavy (non-hydrogen) atoms. The maximum Gasteiger partial charge on any atom is 0.328 e. The molecule has 0 radical (unpaired) electrons. The van der Waals surface area contributed by atoms with Crippen LogP contribution >= 0.6 is 0 Å². The Kier molecular flexibility index (Phi) is 3.24. The molecule has 0 aromatic rings. The number of methoxy groups -OCH3 is 1. The summed E-state index contributed by atoms with van der Waals surface area (Å²) in [6, 6.07) is 1.30. The minimum atomic E-state index is -0.617. The minimum Gasteiger partial charge on any atom is -0.467 e. The molecule has 6 heteroatoms. The van der Waals surface area contributed by atoms with E-state index >= 15 is 0 Å². The van der Waals surface area contributed by atoms with Crippen LogP contribution < -0.4 is 0 Å². The average Bonchev–Trinajstić information content (AvgIpc) is 2.75. The van der Waals surface area contributed by atoms with Crippen LogP contribution in [0.2, 0.25) is 0 Å². The molecule has 96 valence electrons. The highest BCUT2D eigenvalue weighted by molar-refractivity contribution is 5.84. The van der Waals surface area contributed by atoms with Crippen LogP contribution in [0.25, 0.3) is 0 Å². The number of carbonyl (C=O) groups is 2. The molecule has 0 aromatic heterocycles. The van der Waals surface area contributed by atoms with E-state index in [0.717, 1.165) is 0 Å². The summed E-state index contributed by atoms with van der Waals surface area (Å²) in [5, 5.41) is 8.82. The molecule has 3 atom stereocenters. The summed E-state index contributed by atoms with van der Waals surface area (Å²) in [7, 11) is 1.29. The van der Waals surface area contributed by atoms with Gasteiger partial charge in [0.1, 0.15) is 12.1 Å². The molecular weight excluding hydrogens is 236 g/mol. The van der Waals surface area contributed by atoms with Gasteiger partial charge in [-0.2, -0.15) is 5.26 Å². The lowest BCUT2D eigenvalue weighted by Gasteiger charge is -2.31. The van der Waals surface area contributed by atoms with Gasteiger partial charge in [0.15, 0.2) is 12.0 Å². The molecule has 6 nitrogen and oxygen atoms in total. The van der Waals surface area contributed by atoms with E-state index in [4.69, 9.17) is 14.7 Å². The number of hydrogen-bond donors (Lipinski definition) is 0. The van der Waals surface area contributed by atoms with Crippen molar-refractivity contribution in [3.05, 3.63) is 11.8 Å². The fourth-order valence-corrected chi connectivity index (χ4v) is 2.54. The van der Waals surface area contributed by atoms with Crippen molar-refractivity contribution in [2.75, 3.05) is 7.11 Å². The van der Waals surface area contributed by atoms with Crippen LogP contribution in [0.4, 0.5) is 0 Å². The SMILES string of the molecule is COC(=O)[C@@H]1C[C@H]2CC=C(C#N)O[C@H]2N1C(C)=O. The lowest BCUT2D eigenvalue weighted by molar-refractivity contribution is -0.157. The van der Waals surface area contributed by atoms with E-state index in [1.807, 2.05) is 6.07 Å². The van der Waals surface area contributed by atoms with Gasteiger partial charge >= 0.3 is 5.97 Å². The molecule has 2 rings (SSSR count). The zero-order valence-corrected chi connectivity index (χ0v) is 10.3. The third kappa shape index (κ3) is 1.92. The van der Waals surface area contributed by atoms with Gasteiger partial charge in [-0.3, -0.25) is 9.69 Å². The molecule has 1 amide bonds. The van der Waals surface area contributed by atoms with Gasteiger partial charge in [-0.05, 0) is 18.9 Å². The van der Waals surface area contributed by atoms with E-state index in [2.05, 4.69) is 0 Å². The second kappa shape index (κ2) is 4.69. The van der Waals surface area contributed by atoms with Gasteiger partial charge in [0.05, 0.1) is 7.11 Å². The molecule has 2 aliphatic rings. The summed E-state index contributed by atoms with van der Waals surface area (Å²) in [4.78, 5) is 24.7. The van der Waals surface area contributed by atoms with Crippen molar-refractivity contribution in [1.82, 2.24) is 4.90 Å². The minimum absolute atomic E-state index is 0.0371. The predicted octanol–water partition coefficient (Wildman–Crippen LogP) is 0.550. The molecule has 1 fully saturated rings. The number of amides is 1. The first-order valence-electron chi connectivity index (χ1n) is 5.72. The summed E-state index contributed by atoms with van der Waals surface area (Å²) in [5.41, 5.74) is 0. The highest BCUT2D eigenvalue weighted by atomic mass is 16.5. The summed E-state index contributed by atoms with van der Waals surface area (Å²) in [5.74, 6) is -0.457. The second-order valence-corrected chi connectivity index (χ2v) is 4.39. The van der Waals surface area contributed by atoms with Crippen LogP contribution in [0.1, 0.15) is 19.8 Å². The zero-order valence-electron chi connectivity index (χ0n) is 10.3. The average molecular weight is 250 g/mol. The number of esters is 1. The van der Waals surface area contributed by atoms with Crippen molar-refractivity contribution in [3.63, 3.8) is 0 Å². The van der Waals surface area contributed by atoms with Crippen LogP contribution in [-0.4, -0.2) is 36.2 Å². The van der Waals surface area contributed by atoms with Gasteiger partial charge in [0.2, 0.25) is 5.91 Å².